The van der Waals surface area contributed by atoms with Gasteiger partial charge in [-0.3, -0.25) is 4.90 Å². The van der Waals surface area contributed by atoms with Gasteiger partial charge in [0.1, 0.15) is 0 Å². The summed E-state index contributed by atoms with van der Waals surface area (Å²) in [6.45, 7) is 3.83. The minimum atomic E-state index is -4.13. The van der Waals surface area contributed by atoms with E-state index in [-0.39, 0.29) is 29.9 Å². The molecule has 1 heterocycles. The van der Waals surface area contributed by atoms with Gasteiger partial charge in [0.25, 0.3) is 0 Å². The zero-order valence-corrected chi connectivity index (χ0v) is 17.7. The van der Waals surface area contributed by atoms with E-state index in [0.29, 0.717) is 43.7 Å². The van der Waals surface area contributed by atoms with Gasteiger partial charge in [-0.1, -0.05) is 29.8 Å². The van der Waals surface area contributed by atoms with Crippen LogP contribution in [0.5, 0.6) is 0 Å². The molecule has 0 amide bonds. The van der Waals surface area contributed by atoms with Crippen LogP contribution < -0.4 is 10.6 Å². The van der Waals surface area contributed by atoms with Gasteiger partial charge < -0.3 is 10.6 Å². The fraction of sp³-hybridized carbons (Fsp3) is 0.588. The monoisotopic (exact) mass is 504 g/mol. The molecule has 1 atom stereocenters. The Hall–Kier alpha value is -0.740. The summed E-state index contributed by atoms with van der Waals surface area (Å²) in [5, 5.41) is 7.04. The fourth-order valence-electron chi connectivity index (χ4n) is 2.85. The summed E-state index contributed by atoms with van der Waals surface area (Å²) in [5.41, 5.74) is 0.929. The smallest absolute Gasteiger partial charge is 0.357 e. The zero-order chi connectivity index (χ0) is 18.3. The number of aliphatic imine (C=N–C) groups is 1. The Labute approximate surface area is 174 Å². The molecule has 9 heteroatoms. The van der Waals surface area contributed by atoms with Gasteiger partial charge in [0, 0.05) is 24.7 Å². The summed E-state index contributed by atoms with van der Waals surface area (Å²) in [6, 6.07) is 7.51. The highest BCUT2D eigenvalue weighted by Gasteiger charge is 2.34. The second-order valence-corrected chi connectivity index (χ2v) is 6.58. The van der Waals surface area contributed by atoms with E-state index in [0.717, 1.165) is 12.0 Å². The molecule has 0 aliphatic carbocycles. The van der Waals surface area contributed by atoms with Crippen LogP contribution in [-0.4, -0.2) is 49.8 Å². The van der Waals surface area contributed by atoms with Gasteiger partial charge in [-0.2, -0.15) is 13.2 Å². The lowest BCUT2D eigenvalue weighted by atomic mass is 10.1. The van der Waals surface area contributed by atoms with E-state index in [4.69, 9.17) is 11.6 Å². The Morgan fingerprint density at radius 1 is 1.31 bits per heavy atom. The van der Waals surface area contributed by atoms with Crippen molar-refractivity contribution in [1.29, 1.82) is 0 Å². The average Bonchev–Trinajstić information content (AvgIpc) is 2.97. The van der Waals surface area contributed by atoms with Crippen LogP contribution in [0.1, 0.15) is 18.9 Å². The van der Waals surface area contributed by atoms with E-state index in [1.807, 2.05) is 31.2 Å². The zero-order valence-electron chi connectivity index (χ0n) is 14.7. The van der Waals surface area contributed by atoms with Gasteiger partial charge in [0.2, 0.25) is 0 Å². The van der Waals surface area contributed by atoms with Gasteiger partial charge in [-0.05, 0) is 37.4 Å². The third kappa shape index (κ3) is 8.30. The first kappa shape index (κ1) is 23.3. The molecule has 0 bridgehead atoms. The van der Waals surface area contributed by atoms with Crippen molar-refractivity contribution in [3.63, 3.8) is 0 Å². The Kier molecular flexibility index (Phi) is 10.0. The first-order chi connectivity index (χ1) is 11.9. The molecule has 1 unspecified atom stereocenters. The third-order valence-electron chi connectivity index (χ3n) is 4.04. The van der Waals surface area contributed by atoms with Crippen LogP contribution in [0.15, 0.2) is 29.3 Å². The van der Waals surface area contributed by atoms with Crippen LogP contribution in [0, 0.1) is 5.92 Å². The molecule has 1 aromatic carbocycles. The minimum absolute atomic E-state index is 0. The number of halogens is 5. The molecule has 0 aromatic heterocycles. The number of hydrogen-bond donors (Lipinski definition) is 2. The fourth-order valence-corrected chi connectivity index (χ4v) is 3.05. The summed E-state index contributed by atoms with van der Waals surface area (Å²) < 4.78 is 37.3. The molecule has 1 saturated heterocycles. The number of nitrogens with zero attached hydrogens (tertiary/aromatic N) is 2. The van der Waals surface area contributed by atoms with Crippen molar-refractivity contribution >= 4 is 41.5 Å². The molecule has 148 valence electrons. The highest BCUT2D eigenvalue weighted by molar-refractivity contribution is 14.0. The lowest BCUT2D eigenvalue weighted by Crippen LogP contribution is -2.40. The van der Waals surface area contributed by atoms with Crippen LogP contribution in [0.4, 0.5) is 13.2 Å². The molecule has 2 rings (SSSR count). The third-order valence-corrected chi connectivity index (χ3v) is 4.41. The minimum Gasteiger partial charge on any atom is -0.357 e. The van der Waals surface area contributed by atoms with Crippen LogP contribution >= 0.6 is 35.6 Å². The topological polar surface area (TPSA) is 39.7 Å². The summed E-state index contributed by atoms with van der Waals surface area (Å²) in [6.07, 6.45) is -3.37. The van der Waals surface area contributed by atoms with Crippen LogP contribution in [0.2, 0.25) is 5.02 Å². The number of alkyl halides is 3. The second kappa shape index (κ2) is 11.2. The molecule has 1 fully saturated rings. The predicted octanol–water partition coefficient (Wildman–Crippen LogP) is 3.90. The summed E-state index contributed by atoms with van der Waals surface area (Å²) >= 11 is 6.13. The summed E-state index contributed by atoms with van der Waals surface area (Å²) in [7, 11) is 0. The normalized spacial score (nSPS) is 18.5. The highest BCUT2D eigenvalue weighted by Crippen LogP contribution is 2.22. The van der Waals surface area contributed by atoms with Crippen molar-refractivity contribution in [1.82, 2.24) is 15.5 Å². The predicted molar refractivity (Wildman–Crippen MR) is 110 cm³/mol. The number of benzene rings is 1. The molecule has 4 nitrogen and oxygen atoms in total. The molecule has 1 aliphatic heterocycles. The van der Waals surface area contributed by atoms with Gasteiger partial charge in [-0.15, -0.1) is 24.0 Å². The van der Waals surface area contributed by atoms with Crippen molar-refractivity contribution in [2.24, 2.45) is 10.9 Å². The molecule has 2 N–H and O–H groups in total. The Bertz CT molecular complexity index is 583. The van der Waals surface area contributed by atoms with E-state index in [1.54, 1.807) is 0 Å². The highest BCUT2D eigenvalue weighted by atomic mass is 127. The van der Waals surface area contributed by atoms with Crippen molar-refractivity contribution in [2.45, 2.75) is 26.1 Å². The number of likely N-dealkylation sites (tertiary alicyclic amines) is 1. The number of nitrogens with one attached hydrogen (secondary N) is 2. The molecular weight excluding hydrogens is 480 g/mol. The Morgan fingerprint density at radius 3 is 2.69 bits per heavy atom. The molecule has 0 radical (unpaired) electrons. The largest absolute Gasteiger partial charge is 0.401 e. The van der Waals surface area contributed by atoms with Gasteiger partial charge in [0.05, 0.1) is 13.1 Å². The first-order valence-electron chi connectivity index (χ1n) is 8.42. The van der Waals surface area contributed by atoms with Crippen LogP contribution in [0.25, 0.3) is 0 Å². The number of rotatable bonds is 6. The van der Waals surface area contributed by atoms with E-state index in [1.165, 1.54) is 4.90 Å². The molecular formula is C17H25ClF3IN4. The van der Waals surface area contributed by atoms with Gasteiger partial charge in [-0.25, -0.2) is 4.99 Å². The lowest BCUT2D eigenvalue weighted by molar-refractivity contribution is -0.143. The molecule has 0 saturated carbocycles. The molecule has 1 aliphatic rings. The van der Waals surface area contributed by atoms with E-state index < -0.39 is 12.7 Å². The van der Waals surface area contributed by atoms with Crippen molar-refractivity contribution < 1.29 is 13.2 Å². The van der Waals surface area contributed by atoms with Crippen molar-refractivity contribution in [2.75, 3.05) is 32.7 Å². The number of guanidine groups is 1. The number of hydrogen-bond acceptors (Lipinski definition) is 2. The first-order valence-corrected chi connectivity index (χ1v) is 8.80. The molecule has 26 heavy (non-hydrogen) atoms. The molecule has 1 aromatic rings. The lowest BCUT2D eigenvalue weighted by Gasteiger charge is -2.18. The summed E-state index contributed by atoms with van der Waals surface area (Å²) in [4.78, 5) is 5.96. The van der Waals surface area contributed by atoms with Crippen molar-refractivity contribution in [3.8, 4) is 0 Å². The maximum absolute atomic E-state index is 12.4. The Morgan fingerprint density at radius 2 is 2.04 bits per heavy atom. The second-order valence-electron chi connectivity index (χ2n) is 6.17. The van der Waals surface area contributed by atoms with E-state index in [2.05, 4.69) is 15.6 Å². The average molecular weight is 505 g/mol. The summed E-state index contributed by atoms with van der Waals surface area (Å²) in [5.74, 6) is 0.836. The van der Waals surface area contributed by atoms with E-state index in [9.17, 15) is 13.2 Å². The maximum atomic E-state index is 12.4. The van der Waals surface area contributed by atoms with Crippen LogP contribution in [0.3, 0.4) is 0 Å². The Balaban J connectivity index is 0.00000338. The standard InChI is InChI=1S/C17H24ClF3N4.HI/c1-2-22-16(24-10-14-5-3-4-6-15(14)18)23-9-13-7-8-25(11-13)12-17(19,20)21;/h3-6,13H,2,7-12H2,1H3,(H2,22,23,24);1H. The SMILES string of the molecule is CCNC(=NCc1ccccc1Cl)NCC1CCN(CC(F)(F)F)C1.I. The molecule has 0 spiro atoms. The van der Waals surface area contributed by atoms with E-state index >= 15 is 0 Å². The van der Waals surface area contributed by atoms with Crippen molar-refractivity contribution in [3.05, 3.63) is 34.9 Å². The van der Waals surface area contributed by atoms with Gasteiger partial charge in [0.15, 0.2) is 5.96 Å². The quantitative estimate of drug-likeness (QED) is 0.351. The van der Waals surface area contributed by atoms with Gasteiger partial charge >= 0.3 is 6.18 Å². The van der Waals surface area contributed by atoms with Crippen LogP contribution in [-0.2, 0) is 6.54 Å². The maximum Gasteiger partial charge on any atom is 0.401 e.